The van der Waals surface area contributed by atoms with E-state index in [0.29, 0.717) is 13.0 Å². The first kappa shape index (κ1) is 11.2. The van der Waals surface area contributed by atoms with Gasteiger partial charge in [-0.3, -0.25) is 0 Å². The van der Waals surface area contributed by atoms with E-state index >= 15 is 0 Å². The van der Waals surface area contributed by atoms with E-state index in [1.165, 1.54) is 0 Å². The molecule has 5 heteroatoms. The Hall–Kier alpha value is -1.33. The van der Waals surface area contributed by atoms with Crippen molar-refractivity contribution in [3.63, 3.8) is 0 Å². The number of nitrogens with zero attached hydrogens (tertiary/aromatic N) is 3. The number of hydrogen-bond donors (Lipinski definition) is 1. The minimum Gasteiger partial charge on any atom is -0.330 e. The van der Waals surface area contributed by atoms with Crippen LogP contribution in [-0.2, 0) is 12.8 Å². The van der Waals surface area contributed by atoms with Gasteiger partial charge in [0.25, 0.3) is 0 Å². The summed E-state index contributed by atoms with van der Waals surface area (Å²) in [5.74, 6) is 0.815. The minimum absolute atomic E-state index is 0.633. The predicted molar refractivity (Wildman–Crippen MR) is 64.4 cm³/mol. The molecule has 0 fully saturated rings. The molecule has 16 heavy (non-hydrogen) atoms. The Bertz CT molecular complexity index is 449. The van der Waals surface area contributed by atoms with Gasteiger partial charge in [-0.2, -0.15) is 0 Å². The Labute approximate surface area is 98.6 Å². The third-order valence-electron chi connectivity index (χ3n) is 2.17. The first-order valence-electron chi connectivity index (χ1n) is 5.19. The van der Waals surface area contributed by atoms with Crippen LogP contribution in [0, 0.1) is 6.92 Å². The van der Waals surface area contributed by atoms with Gasteiger partial charge in [-0.15, -0.1) is 11.3 Å². The van der Waals surface area contributed by atoms with Crippen molar-refractivity contribution >= 4 is 11.3 Å². The number of aryl methyl sites for hydroxylation is 1. The zero-order valence-electron chi connectivity index (χ0n) is 9.18. The van der Waals surface area contributed by atoms with E-state index in [-0.39, 0.29) is 0 Å². The normalized spacial score (nSPS) is 10.6. The summed E-state index contributed by atoms with van der Waals surface area (Å²) in [6.07, 6.45) is 5.23. The van der Waals surface area contributed by atoms with Gasteiger partial charge in [0.2, 0.25) is 0 Å². The van der Waals surface area contributed by atoms with E-state index in [1.807, 2.05) is 24.7 Å². The van der Waals surface area contributed by atoms with Crippen LogP contribution < -0.4 is 5.73 Å². The van der Waals surface area contributed by atoms with Crippen LogP contribution in [0.25, 0.3) is 0 Å². The quantitative estimate of drug-likeness (QED) is 0.867. The van der Waals surface area contributed by atoms with Crippen molar-refractivity contribution in [1.82, 2.24) is 15.0 Å². The molecular formula is C11H14N4S. The number of rotatable bonds is 4. The van der Waals surface area contributed by atoms with Crippen molar-refractivity contribution in [2.24, 2.45) is 5.73 Å². The van der Waals surface area contributed by atoms with Gasteiger partial charge < -0.3 is 5.73 Å². The summed E-state index contributed by atoms with van der Waals surface area (Å²) in [7, 11) is 0. The monoisotopic (exact) mass is 234 g/mol. The van der Waals surface area contributed by atoms with E-state index in [0.717, 1.165) is 28.5 Å². The molecule has 2 N–H and O–H groups in total. The predicted octanol–water partition coefficient (Wildman–Crippen LogP) is 1.33. The van der Waals surface area contributed by atoms with E-state index < -0.39 is 0 Å². The van der Waals surface area contributed by atoms with Crippen LogP contribution in [0.3, 0.4) is 0 Å². The van der Waals surface area contributed by atoms with Crippen molar-refractivity contribution in [1.29, 1.82) is 0 Å². The molecule has 0 aliphatic heterocycles. The third kappa shape index (κ3) is 2.84. The highest BCUT2D eigenvalue weighted by molar-refractivity contribution is 7.09. The van der Waals surface area contributed by atoms with Crippen molar-refractivity contribution < 1.29 is 0 Å². The standard InChI is InChI=1S/C11H14N4S/c1-8-7-16-11(15-8)4-10-13-5-9(2-3-12)6-14-10/h5-7H,2-4,12H2,1H3. The maximum atomic E-state index is 5.46. The zero-order valence-corrected chi connectivity index (χ0v) is 10.00. The number of hydrogen-bond acceptors (Lipinski definition) is 5. The summed E-state index contributed by atoms with van der Waals surface area (Å²) in [6, 6.07) is 0. The Morgan fingerprint density at radius 2 is 2.06 bits per heavy atom. The molecule has 0 radical (unpaired) electrons. The highest BCUT2D eigenvalue weighted by atomic mass is 32.1. The first-order valence-corrected chi connectivity index (χ1v) is 6.07. The lowest BCUT2D eigenvalue weighted by Gasteiger charge is -1.99. The second kappa shape index (κ2) is 5.14. The fraction of sp³-hybridized carbons (Fsp3) is 0.364. The van der Waals surface area contributed by atoms with Crippen molar-refractivity contribution in [2.75, 3.05) is 6.54 Å². The second-order valence-electron chi connectivity index (χ2n) is 3.61. The average molecular weight is 234 g/mol. The van der Waals surface area contributed by atoms with E-state index in [2.05, 4.69) is 15.0 Å². The second-order valence-corrected chi connectivity index (χ2v) is 4.55. The number of nitrogens with two attached hydrogens (primary N) is 1. The van der Waals surface area contributed by atoms with Gasteiger partial charge in [0, 0.05) is 23.5 Å². The van der Waals surface area contributed by atoms with E-state index in [1.54, 1.807) is 11.3 Å². The molecule has 0 atom stereocenters. The van der Waals surface area contributed by atoms with Gasteiger partial charge in [-0.05, 0) is 25.5 Å². The fourth-order valence-corrected chi connectivity index (χ4v) is 2.16. The molecule has 2 aromatic heterocycles. The molecule has 4 nitrogen and oxygen atoms in total. The fourth-order valence-electron chi connectivity index (χ4n) is 1.39. The summed E-state index contributed by atoms with van der Waals surface area (Å²) in [5, 5.41) is 3.10. The van der Waals surface area contributed by atoms with Gasteiger partial charge in [0.05, 0.1) is 6.42 Å². The van der Waals surface area contributed by atoms with Crippen LogP contribution in [0.15, 0.2) is 17.8 Å². The van der Waals surface area contributed by atoms with E-state index in [9.17, 15) is 0 Å². The Morgan fingerprint density at radius 1 is 1.31 bits per heavy atom. The maximum Gasteiger partial charge on any atom is 0.135 e. The van der Waals surface area contributed by atoms with Gasteiger partial charge in [-0.25, -0.2) is 15.0 Å². The molecule has 2 rings (SSSR count). The van der Waals surface area contributed by atoms with Crippen molar-refractivity contribution in [3.05, 3.63) is 39.9 Å². The van der Waals surface area contributed by atoms with Gasteiger partial charge >= 0.3 is 0 Å². The van der Waals surface area contributed by atoms with Crippen LogP contribution in [0.4, 0.5) is 0 Å². The van der Waals surface area contributed by atoms with Crippen molar-refractivity contribution in [2.45, 2.75) is 19.8 Å². The lowest BCUT2D eigenvalue weighted by atomic mass is 10.2. The van der Waals surface area contributed by atoms with E-state index in [4.69, 9.17) is 5.73 Å². The molecule has 0 aromatic carbocycles. The lowest BCUT2D eigenvalue weighted by Crippen LogP contribution is -2.04. The van der Waals surface area contributed by atoms with Crippen LogP contribution in [0.1, 0.15) is 22.1 Å². The molecular weight excluding hydrogens is 220 g/mol. The highest BCUT2D eigenvalue weighted by Crippen LogP contribution is 2.11. The highest BCUT2D eigenvalue weighted by Gasteiger charge is 2.03. The summed E-state index contributed by atoms with van der Waals surface area (Å²) >= 11 is 1.65. The van der Waals surface area contributed by atoms with Crippen LogP contribution in [0.5, 0.6) is 0 Å². The maximum absolute atomic E-state index is 5.46. The zero-order chi connectivity index (χ0) is 11.4. The van der Waals surface area contributed by atoms with Crippen molar-refractivity contribution in [3.8, 4) is 0 Å². The number of aromatic nitrogens is 3. The summed E-state index contributed by atoms with van der Waals surface area (Å²) < 4.78 is 0. The molecule has 0 aliphatic rings. The molecule has 2 heterocycles. The summed E-state index contributed by atoms with van der Waals surface area (Å²) in [5.41, 5.74) is 7.60. The Kier molecular flexibility index (Phi) is 3.58. The summed E-state index contributed by atoms with van der Waals surface area (Å²) in [6.45, 7) is 2.62. The molecule has 84 valence electrons. The summed E-state index contributed by atoms with van der Waals surface area (Å²) in [4.78, 5) is 13.0. The number of thiazole rings is 1. The third-order valence-corrected chi connectivity index (χ3v) is 3.13. The van der Waals surface area contributed by atoms with Crippen LogP contribution in [0.2, 0.25) is 0 Å². The topological polar surface area (TPSA) is 64.7 Å². The Balaban J connectivity index is 2.05. The molecule has 0 saturated heterocycles. The largest absolute Gasteiger partial charge is 0.330 e. The molecule has 0 unspecified atom stereocenters. The van der Waals surface area contributed by atoms with Gasteiger partial charge in [0.1, 0.15) is 10.8 Å². The van der Waals surface area contributed by atoms with Crippen LogP contribution in [-0.4, -0.2) is 21.5 Å². The molecule has 0 bridgehead atoms. The molecule has 0 amide bonds. The smallest absolute Gasteiger partial charge is 0.135 e. The Morgan fingerprint density at radius 3 is 2.62 bits per heavy atom. The average Bonchev–Trinajstić information content (AvgIpc) is 2.67. The van der Waals surface area contributed by atoms with Crippen LogP contribution >= 0.6 is 11.3 Å². The molecule has 2 aromatic rings. The first-order chi connectivity index (χ1) is 7.78. The SMILES string of the molecule is Cc1csc(Cc2ncc(CCN)cn2)n1. The minimum atomic E-state index is 0.633. The molecule has 0 aliphatic carbocycles. The van der Waals surface area contributed by atoms with Gasteiger partial charge in [-0.1, -0.05) is 0 Å². The lowest BCUT2D eigenvalue weighted by molar-refractivity contribution is 0.896. The van der Waals surface area contributed by atoms with Gasteiger partial charge in [0.15, 0.2) is 0 Å². The molecule has 0 spiro atoms. The molecule has 0 saturated carbocycles.